The van der Waals surface area contributed by atoms with E-state index >= 15 is 0 Å². The SMILES string of the molecule is C[Si](C)(C)c1cn(-c2ccc([N+](=O)[O-])c(C(F)(F)F)c2)nn1. The molecule has 0 aliphatic carbocycles. The number of nitrogens with zero attached hydrogens (tertiary/aromatic N) is 4. The molecule has 0 fully saturated rings. The van der Waals surface area contributed by atoms with Crippen LogP contribution >= 0.6 is 0 Å². The third kappa shape index (κ3) is 3.16. The molecule has 0 atom stereocenters. The summed E-state index contributed by atoms with van der Waals surface area (Å²) in [4.78, 5) is 9.67. The predicted molar refractivity (Wildman–Crippen MR) is 76.0 cm³/mol. The fraction of sp³-hybridized carbons (Fsp3) is 0.333. The molecular weight excluding hydrogens is 317 g/mol. The molecule has 0 unspecified atom stereocenters. The molecule has 118 valence electrons. The second-order valence-electron chi connectivity index (χ2n) is 5.75. The van der Waals surface area contributed by atoms with Gasteiger partial charge < -0.3 is 0 Å². The number of halogens is 3. The van der Waals surface area contributed by atoms with Gasteiger partial charge in [-0.15, -0.1) is 5.10 Å². The maximum absolute atomic E-state index is 13.0. The number of aromatic nitrogens is 3. The topological polar surface area (TPSA) is 73.8 Å². The van der Waals surface area contributed by atoms with Gasteiger partial charge in [0.05, 0.1) is 15.9 Å². The first kappa shape index (κ1) is 16.1. The Hall–Kier alpha value is -2.23. The van der Waals surface area contributed by atoms with Crippen LogP contribution in [0.5, 0.6) is 0 Å². The smallest absolute Gasteiger partial charge is 0.258 e. The van der Waals surface area contributed by atoms with Gasteiger partial charge in [0.1, 0.15) is 13.6 Å². The lowest BCUT2D eigenvalue weighted by Crippen LogP contribution is -2.38. The maximum Gasteiger partial charge on any atom is 0.423 e. The molecule has 0 aliphatic heterocycles. The quantitative estimate of drug-likeness (QED) is 0.493. The molecule has 0 N–H and O–H groups in total. The first-order chi connectivity index (χ1) is 10.00. The van der Waals surface area contributed by atoms with Crippen molar-refractivity contribution in [2.24, 2.45) is 0 Å². The average Bonchev–Trinajstić information content (AvgIpc) is 2.86. The Kier molecular flexibility index (Phi) is 3.81. The highest BCUT2D eigenvalue weighted by molar-refractivity contribution is 6.88. The molecule has 0 amide bonds. The summed E-state index contributed by atoms with van der Waals surface area (Å²) in [5.41, 5.74) is -2.21. The Morgan fingerprint density at radius 3 is 2.36 bits per heavy atom. The van der Waals surface area contributed by atoms with Gasteiger partial charge in [-0.25, -0.2) is 4.68 Å². The van der Waals surface area contributed by atoms with E-state index in [-0.39, 0.29) is 5.69 Å². The molecule has 6 nitrogen and oxygen atoms in total. The van der Waals surface area contributed by atoms with Crippen LogP contribution in [0.1, 0.15) is 5.56 Å². The van der Waals surface area contributed by atoms with Gasteiger partial charge in [-0.05, 0) is 12.1 Å². The van der Waals surface area contributed by atoms with E-state index in [0.29, 0.717) is 6.07 Å². The highest BCUT2D eigenvalue weighted by Gasteiger charge is 2.38. The van der Waals surface area contributed by atoms with E-state index in [1.807, 2.05) is 19.6 Å². The molecule has 0 aliphatic rings. The Labute approximate surface area is 124 Å². The lowest BCUT2D eigenvalue weighted by Gasteiger charge is -2.10. The van der Waals surface area contributed by atoms with Crippen molar-refractivity contribution in [3.8, 4) is 5.69 Å². The zero-order chi connectivity index (χ0) is 16.7. The van der Waals surface area contributed by atoms with Crippen LogP contribution in [-0.4, -0.2) is 28.0 Å². The van der Waals surface area contributed by atoms with E-state index in [9.17, 15) is 23.3 Å². The van der Waals surface area contributed by atoms with Crippen molar-refractivity contribution < 1.29 is 18.1 Å². The van der Waals surface area contributed by atoms with Gasteiger partial charge in [-0.1, -0.05) is 24.9 Å². The molecule has 1 aromatic carbocycles. The maximum atomic E-state index is 13.0. The van der Waals surface area contributed by atoms with Crippen molar-refractivity contribution in [1.29, 1.82) is 0 Å². The average molecular weight is 330 g/mol. The number of nitro benzene ring substituents is 1. The van der Waals surface area contributed by atoms with E-state index in [4.69, 9.17) is 0 Å². The van der Waals surface area contributed by atoms with Gasteiger partial charge in [0.25, 0.3) is 5.69 Å². The van der Waals surface area contributed by atoms with Crippen LogP contribution in [0.4, 0.5) is 18.9 Å². The molecule has 0 saturated heterocycles. The molecule has 2 rings (SSSR count). The Bertz CT molecular complexity index is 722. The molecule has 0 radical (unpaired) electrons. The summed E-state index contributed by atoms with van der Waals surface area (Å²) in [7, 11) is -1.75. The van der Waals surface area contributed by atoms with Gasteiger partial charge in [0, 0.05) is 12.3 Å². The second kappa shape index (κ2) is 5.20. The summed E-state index contributed by atoms with van der Waals surface area (Å²) < 4.78 is 40.1. The standard InChI is InChI=1S/C12H13F3N4O2Si/c1-22(2,3)11-7-18(17-16-11)8-4-5-10(19(20)21)9(6-8)12(13,14)15/h4-7H,1-3H3. The van der Waals surface area contributed by atoms with E-state index in [2.05, 4.69) is 10.3 Å². The van der Waals surface area contributed by atoms with Crippen molar-refractivity contribution in [3.63, 3.8) is 0 Å². The Morgan fingerprint density at radius 1 is 1.27 bits per heavy atom. The van der Waals surface area contributed by atoms with Crippen molar-refractivity contribution in [2.45, 2.75) is 25.8 Å². The van der Waals surface area contributed by atoms with Crippen LogP contribution in [0.3, 0.4) is 0 Å². The molecule has 1 heterocycles. The van der Waals surface area contributed by atoms with Gasteiger partial charge in [-0.2, -0.15) is 13.2 Å². The lowest BCUT2D eigenvalue weighted by molar-refractivity contribution is -0.388. The monoisotopic (exact) mass is 330 g/mol. The minimum Gasteiger partial charge on any atom is -0.258 e. The third-order valence-corrected chi connectivity index (χ3v) is 4.77. The fourth-order valence-electron chi connectivity index (χ4n) is 1.79. The van der Waals surface area contributed by atoms with E-state index in [1.54, 1.807) is 6.20 Å². The highest BCUT2D eigenvalue weighted by Crippen LogP contribution is 2.37. The number of hydrogen-bond acceptors (Lipinski definition) is 4. The highest BCUT2D eigenvalue weighted by atomic mass is 28.3. The number of alkyl halides is 3. The predicted octanol–water partition coefficient (Wildman–Crippen LogP) is 2.74. The van der Waals surface area contributed by atoms with Crippen LogP contribution in [-0.2, 0) is 6.18 Å². The third-order valence-electron chi connectivity index (χ3n) is 3.01. The molecule has 22 heavy (non-hydrogen) atoms. The first-order valence-electron chi connectivity index (χ1n) is 6.29. The normalized spacial score (nSPS) is 12.5. The minimum atomic E-state index is -4.82. The van der Waals surface area contributed by atoms with Crippen LogP contribution in [0.15, 0.2) is 24.4 Å². The fourth-order valence-corrected chi connectivity index (χ4v) is 2.64. The zero-order valence-electron chi connectivity index (χ0n) is 12.0. The Morgan fingerprint density at radius 2 is 1.91 bits per heavy atom. The van der Waals surface area contributed by atoms with Crippen LogP contribution in [0.2, 0.25) is 19.6 Å². The van der Waals surface area contributed by atoms with Crippen molar-refractivity contribution in [3.05, 3.63) is 40.1 Å². The van der Waals surface area contributed by atoms with Crippen molar-refractivity contribution >= 4 is 19.1 Å². The number of benzene rings is 1. The minimum absolute atomic E-state index is 0.0786. The van der Waals surface area contributed by atoms with E-state index < -0.39 is 30.4 Å². The van der Waals surface area contributed by atoms with Gasteiger partial charge >= 0.3 is 6.18 Å². The summed E-state index contributed by atoms with van der Waals surface area (Å²) in [6, 6.07) is 2.75. The summed E-state index contributed by atoms with van der Waals surface area (Å²) in [5, 5.41) is 19.3. The molecule has 10 heteroatoms. The number of nitro groups is 1. The van der Waals surface area contributed by atoms with Crippen molar-refractivity contribution in [1.82, 2.24) is 15.0 Å². The molecule has 1 aromatic heterocycles. The molecule has 0 spiro atoms. The molecular formula is C12H13F3N4O2Si. The van der Waals surface area contributed by atoms with E-state index in [1.165, 1.54) is 10.7 Å². The number of rotatable bonds is 3. The lowest BCUT2D eigenvalue weighted by atomic mass is 10.1. The van der Waals surface area contributed by atoms with Gasteiger partial charge in [0.2, 0.25) is 0 Å². The molecule has 0 bridgehead atoms. The summed E-state index contributed by atoms with van der Waals surface area (Å²) >= 11 is 0. The molecule has 0 saturated carbocycles. The van der Waals surface area contributed by atoms with Crippen molar-refractivity contribution in [2.75, 3.05) is 0 Å². The van der Waals surface area contributed by atoms with Crippen LogP contribution in [0, 0.1) is 10.1 Å². The largest absolute Gasteiger partial charge is 0.423 e. The summed E-state index contributed by atoms with van der Waals surface area (Å²) in [6.07, 6.45) is -3.26. The molecule has 2 aromatic rings. The van der Waals surface area contributed by atoms with E-state index in [0.717, 1.165) is 11.4 Å². The number of hydrogen-bond donors (Lipinski definition) is 0. The van der Waals surface area contributed by atoms with Gasteiger partial charge in [0.15, 0.2) is 0 Å². The summed E-state index contributed by atoms with van der Waals surface area (Å²) in [6.45, 7) is 6.08. The second-order valence-corrected chi connectivity index (χ2v) is 10.8. The summed E-state index contributed by atoms with van der Waals surface area (Å²) in [5.74, 6) is 0. The zero-order valence-corrected chi connectivity index (χ0v) is 13.0. The first-order valence-corrected chi connectivity index (χ1v) is 9.79. The van der Waals surface area contributed by atoms with Crippen LogP contribution in [0.25, 0.3) is 5.69 Å². The van der Waals surface area contributed by atoms with Gasteiger partial charge in [-0.3, -0.25) is 10.1 Å². The van der Waals surface area contributed by atoms with Crippen LogP contribution < -0.4 is 5.32 Å². The Balaban J connectivity index is 2.54.